The number of nitrogens with one attached hydrogen (secondary N) is 1. The number of hydrogen-bond acceptors (Lipinski definition) is 5. The van der Waals surface area contributed by atoms with Crippen LogP contribution in [-0.2, 0) is 17.8 Å². The Bertz CT molecular complexity index is 1120. The van der Waals surface area contributed by atoms with Gasteiger partial charge in [-0.25, -0.2) is 14.4 Å². The second-order valence-electron chi connectivity index (χ2n) is 8.29. The minimum atomic E-state index is -0.274. The first kappa shape index (κ1) is 24.2. The van der Waals surface area contributed by atoms with Crippen molar-refractivity contribution in [3.8, 4) is 5.75 Å². The zero-order valence-corrected chi connectivity index (χ0v) is 18.7. The normalized spacial score (nSPS) is 15.8. The van der Waals surface area contributed by atoms with Crippen LogP contribution in [0.15, 0.2) is 48.5 Å². The van der Waals surface area contributed by atoms with E-state index in [0.29, 0.717) is 18.7 Å². The maximum Gasteiger partial charge on any atom is 0.246 e. The van der Waals surface area contributed by atoms with Gasteiger partial charge >= 0.3 is 0 Å². The van der Waals surface area contributed by atoms with Crippen LogP contribution in [0, 0.1) is 12.7 Å². The Morgan fingerprint density at radius 3 is 2.45 bits per heavy atom. The molecule has 0 bridgehead atoms. The lowest BCUT2D eigenvalue weighted by molar-refractivity contribution is -0.117. The summed E-state index contributed by atoms with van der Waals surface area (Å²) in [5, 5.41) is 2.92. The third-order valence-electron chi connectivity index (χ3n) is 5.92. The Balaban J connectivity index is 0.00000306. The second kappa shape index (κ2) is 9.98. The van der Waals surface area contributed by atoms with Crippen molar-refractivity contribution in [3.63, 3.8) is 0 Å². The number of aromatic nitrogens is 2. The number of aryl methyl sites for hydroxylation is 1. The van der Waals surface area contributed by atoms with E-state index in [9.17, 15) is 9.18 Å². The van der Waals surface area contributed by atoms with Gasteiger partial charge < -0.3 is 15.0 Å². The maximum atomic E-state index is 13.0. The molecular weight excluding hydrogens is 419 g/mol. The Kier molecular flexibility index (Phi) is 7.31. The number of rotatable bonds is 6. The molecule has 0 saturated carbocycles. The smallest absolute Gasteiger partial charge is 0.246 e. The highest BCUT2D eigenvalue weighted by atomic mass is 19.1. The van der Waals surface area contributed by atoms with Gasteiger partial charge in [-0.2, -0.15) is 0 Å². The topological polar surface area (TPSA) is 67.4 Å². The number of fused-ring (bicyclic) bond motifs is 1. The minimum absolute atomic E-state index is 0. The van der Waals surface area contributed by atoms with Gasteiger partial charge in [-0.3, -0.25) is 4.79 Å². The number of anilines is 2. The SMILES string of the molecule is C.Cc1nc(CC(C)c2ccc(OCc3ccc(F)cc3)cc2)nc2c1NC(=O)[C@H](C)N2C. The molecule has 6 nitrogen and oxygen atoms in total. The fourth-order valence-corrected chi connectivity index (χ4v) is 3.73. The molecule has 1 amide bonds. The third-order valence-corrected chi connectivity index (χ3v) is 5.92. The summed E-state index contributed by atoms with van der Waals surface area (Å²) < 4.78 is 18.8. The molecule has 3 aromatic rings. The first-order valence-corrected chi connectivity index (χ1v) is 10.7. The first-order chi connectivity index (χ1) is 15.3. The molecular formula is C26H31FN4O2. The van der Waals surface area contributed by atoms with Gasteiger partial charge in [0, 0.05) is 13.5 Å². The highest BCUT2D eigenvalue weighted by Crippen LogP contribution is 2.32. The molecule has 1 aromatic heterocycles. The lowest BCUT2D eigenvalue weighted by Crippen LogP contribution is -2.45. The quantitative estimate of drug-likeness (QED) is 0.555. The monoisotopic (exact) mass is 450 g/mol. The number of ether oxygens (including phenoxy) is 1. The molecule has 2 heterocycles. The number of carbonyl (C=O) groups excluding carboxylic acids is 1. The fourth-order valence-electron chi connectivity index (χ4n) is 3.73. The summed E-state index contributed by atoms with van der Waals surface area (Å²) >= 11 is 0. The van der Waals surface area contributed by atoms with Gasteiger partial charge in [0.25, 0.3) is 0 Å². The molecule has 1 unspecified atom stereocenters. The van der Waals surface area contributed by atoms with E-state index in [0.717, 1.165) is 34.2 Å². The predicted molar refractivity (Wildman–Crippen MR) is 129 cm³/mol. The van der Waals surface area contributed by atoms with Gasteiger partial charge in [0.05, 0.1) is 5.69 Å². The molecule has 4 rings (SSSR count). The van der Waals surface area contributed by atoms with Gasteiger partial charge in [-0.15, -0.1) is 0 Å². The van der Waals surface area contributed by atoms with Crippen molar-refractivity contribution in [3.05, 3.63) is 77.0 Å². The zero-order chi connectivity index (χ0) is 22.8. The average Bonchev–Trinajstić information content (AvgIpc) is 2.78. The number of hydrogen-bond donors (Lipinski definition) is 1. The summed E-state index contributed by atoms with van der Waals surface area (Å²) in [7, 11) is 1.88. The molecule has 1 aliphatic heterocycles. The summed E-state index contributed by atoms with van der Waals surface area (Å²) in [4.78, 5) is 23.4. The Morgan fingerprint density at radius 2 is 1.79 bits per heavy atom. The van der Waals surface area contributed by atoms with Crippen molar-refractivity contribution in [2.24, 2.45) is 0 Å². The molecule has 174 valence electrons. The zero-order valence-electron chi connectivity index (χ0n) is 18.7. The number of likely N-dealkylation sites (N-methyl/N-ethyl adjacent to an activating group) is 1. The van der Waals surface area contributed by atoms with Crippen LogP contribution in [0.25, 0.3) is 0 Å². The van der Waals surface area contributed by atoms with Crippen LogP contribution >= 0.6 is 0 Å². The minimum Gasteiger partial charge on any atom is -0.489 e. The van der Waals surface area contributed by atoms with Crippen LogP contribution in [0.2, 0.25) is 0 Å². The summed E-state index contributed by atoms with van der Waals surface area (Å²) in [5.74, 6) is 2.18. The van der Waals surface area contributed by atoms with E-state index >= 15 is 0 Å². The highest BCUT2D eigenvalue weighted by molar-refractivity contribution is 6.02. The van der Waals surface area contributed by atoms with E-state index in [4.69, 9.17) is 9.72 Å². The Morgan fingerprint density at radius 1 is 1.12 bits per heavy atom. The molecule has 2 aromatic carbocycles. The first-order valence-electron chi connectivity index (χ1n) is 10.7. The van der Waals surface area contributed by atoms with Crippen molar-refractivity contribution in [1.29, 1.82) is 0 Å². The van der Waals surface area contributed by atoms with E-state index in [1.807, 2.05) is 50.1 Å². The van der Waals surface area contributed by atoms with Gasteiger partial charge in [-0.05, 0) is 55.2 Å². The maximum absolute atomic E-state index is 13.0. The van der Waals surface area contributed by atoms with Crippen LogP contribution in [0.4, 0.5) is 15.9 Å². The predicted octanol–water partition coefficient (Wildman–Crippen LogP) is 5.26. The Hall–Kier alpha value is -3.48. The molecule has 0 radical (unpaired) electrons. The van der Waals surface area contributed by atoms with Gasteiger partial charge in [0.1, 0.15) is 35.7 Å². The number of amides is 1. The molecule has 0 fully saturated rings. The fraction of sp³-hybridized carbons (Fsp3) is 0.346. The lowest BCUT2D eigenvalue weighted by atomic mass is 9.97. The van der Waals surface area contributed by atoms with Crippen LogP contribution in [0.3, 0.4) is 0 Å². The van der Waals surface area contributed by atoms with Crippen LogP contribution < -0.4 is 15.0 Å². The van der Waals surface area contributed by atoms with Crippen molar-refractivity contribution < 1.29 is 13.9 Å². The molecule has 2 atom stereocenters. The standard InChI is InChI=1S/C25H27FN4O2.CH4/c1-15(13-22-27-16(2)23-24(28-22)30(4)17(3)25(31)29-23)19-7-11-21(12-8-19)32-14-18-5-9-20(26)10-6-18;/h5-12,15,17H,13-14H2,1-4H3,(H,29,31);1H4/t15?,17-;/m0./s1. The van der Waals surface area contributed by atoms with Crippen molar-refractivity contribution in [2.45, 2.75) is 53.2 Å². The van der Waals surface area contributed by atoms with E-state index in [2.05, 4.69) is 17.2 Å². The second-order valence-corrected chi connectivity index (χ2v) is 8.29. The average molecular weight is 451 g/mol. The molecule has 33 heavy (non-hydrogen) atoms. The van der Waals surface area contributed by atoms with Gasteiger partial charge in [0.15, 0.2) is 5.82 Å². The highest BCUT2D eigenvalue weighted by Gasteiger charge is 2.30. The van der Waals surface area contributed by atoms with Crippen LogP contribution in [-0.4, -0.2) is 29.0 Å². The molecule has 0 spiro atoms. The summed E-state index contributed by atoms with van der Waals surface area (Å²) in [6.45, 7) is 6.28. The van der Waals surface area contributed by atoms with Gasteiger partial charge in [0.2, 0.25) is 5.91 Å². The summed E-state index contributed by atoms with van der Waals surface area (Å²) in [6.07, 6.45) is 0.681. The summed E-state index contributed by atoms with van der Waals surface area (Å²) in [6, 6.07) is 14.0. The van der Waals surface area contributed by atoms with E-state index in [1.165, 1.54) is 12.1 Å². The number of nitrogens with zero attached hydrogens (tertiary/aromatic N) is 3. The largest absolute Gasteiger partial charge is 0.489 e. The third kappa shape index (κ3) is 5.30. The van der Waals surface area contributed by atoms with E-state index in [1.54, 1.807) is 12.1 Å². The molecule has 0 aliphatic carbocycles. The van der Waals surface area contributed by atoms with E-state index in [-0.39, 0.29) is 31.1 Å². The van der Waals surface area contributed by atoms with Crippen molar-refractivity contribution in [1.82, 2.24) is 9.97 Å². The molecule has 7 heteroatoms. The van der Waals surface area contributed by atoms with E-state index < -0.39 is 0 Å². The number of carbonyl (C=O) groups is 1. The number of benzene rings is 2. The van der Waals surface area contributed by atoms with Crippen molar-refractivity contribution >= 4 is 17.4 Å². The summed E-state index contributed by atoms with van der Waals surface area (Å²) in [5.41, 5.74) is 3.54. The number of halogens is 1. The van der Waals surface area contributed by atoms with Gasteiger partial charge in [-0.1, -0.05) is 38.6 Å². The van der Waals surface area contributed by atoms with Crippen molar-refractivity contribution in [2.75, 3.05) is 17.3 Å². The van der Waals surface area contributed by atoms with Crippen LogP contribution in [0.1, 0.15) is 49.8 Å². The molecule has 0 saturated heterocycles. The molecule has 1 N–H and O–H groups in total. The lowest BCUT2D eigenvalue weighted by Gasteiger charge is -2.32. The van der Waals surface area contributed by atoms with Crippen LogP contribution in [0.5, 0.6) is 5.75 Å². The Labute approximate surface area is 194 Å². The molecule has 1 aliphatic rings.